The van der Waals surface area contributed by atoms with E-state index in [0.717, 1.165) is 37.9 Å². The second-order valence-electron chi connectivity index (χ2n) is 8.90. The van der Waals surface area contributed by atoms with Crippen molar-refractivity contribution < 1.29 is 4.79 Å². The Morgan fingerprint density at radius 1 is 1.04 bits per heavy atom. The van der Waals surface area contributed by atoms with Crippen molar-refractivity contribution in [1.29, 1.82) is 0 Å². The number of hydrogen-bond acceptors (Lipinski definition) is 3. The van der Waals surface area contributed by atoms with Gasteiger partial charge in [0.25, 0.3) is 0 Å². The molecule has 0 atom stereocenters. The number of carbonyl (C=O) groups excluding carboxylic acids is 1. The lowest BCUT2D eigenvalue weighted by molar-refractivity contribution is -0.130. The molecule has 4 nitrogen and oxygen atoms in total. The van der Waals surface area contributed by atoms with Gasteiger partial charge in [0.2, 0.25) is 5.91 Å². The molecule has 4 rings (SSSR count). The predicted molar refractivity (Wildman–Crippen MR) is 112 cm³/mol. The summed E-state index contributed by atoms with van der Waals surface area (Å²) in [5.41, 5.74) is 2.86. The summed E-state index contributed by atoms with van der Waals surface area (Å²) in [7, 11) is 4.42. The van der Waals surface area contributed by atoms with Gasteiger partial charge in [0.1, 0.15) is 0 Å². The van der Waals surface area contributed by atoms with Gasteiger partial charge in [-0.25, -0.2) is 0 Å². The molecule has 1 aliphatic carbocycles. The first-order chi connectivity index (χ1) is 13.5. The van der Waals surface area contributed by atoms with E-state index in [9.17, 15) is 4.79 Å². The molecule has 0 unspecified atom stereocenters. The average Bonchev–Trinajstić information content (AvgIpc) is 3.14. The molecule has 2 fully saturated rings. The molecule has 2 aromatic rings. The molecule has 1 aliphatic heterocycles. The second kappa shape index (κ2) is 7.67. The summed E-state index contributed by atoms with van der Waals surface area (Å²) in [6, 6.07) is 14.8. The molecule has 0 N–H and O–H groups in total. The van der Waals surface area contributed by atoms with E-state index < -0.39 is 0 Å². The monoisotopic (exact) mass is 377 g/mol. The smallest absolute Gasteiger partial charge is 0.227 e. The molecule has 0 bridgehead atoms. The van der Waals surface area contributed by atoms with Crippen LogP contribution in [0.1, 0.15) is 43.2 Å². The molecule has 2 aliphatic rings. The van der Waals surface area contributed by atoms with Gasteiger partial charge in [-0.2, -0.15) is 0 Å². The van der Waals surface area contributed by atoms with Crippen LogP contribution in [0.15, 0.2) is 54.9 Å². The first-order valence-corrected chi connectivity index (χ1v) is 10.4. The second-order valence-corrected chi connectivity index (χ2v) is 8.90. The standard InChI is InChI=1S/C24H31N3O/c1-26(2)24(21-8-4-3-5-9-21)12-10-23(11-13-24)14-16-27(19-23)22(28)17-20-7-6-15-25-18-20/h3-9,15,18H,10-14,16-17,19H2,1-2H3. The van der Waals surface area contributed by atoms with Crippen LogP contribution in [0.4, 0.5) is 0 Å². The van der Waals surface area contributed by atoms with E-state index in [2.05, 4.69) is 59.2 Å². The third-order valence-electron chi connectivity index (χ3n) is 7.17. The summed E-state index contributed by atoms with van der Waals surface area (Å²) in [5.74, 6) is 0.248. The molecular formula is C24H31N3O. The van der Waals surface area contributed by atoms with Gasteiger partial charge in [-0.15, -0.1) is 0 Å². The quantitative estimate of drug-likeness (QED) is 0.811. The number of hydrogen-bond donors (Lipinski definition) is 0. The lowest BCUT2D eigenvalue weighted by atomic mass is 9.64. The van der Waals surface area contributed by atoms with Crippen LogP contribution in [0.25, 0.3) is 0 Å². The summed E-state index contributed by atoms with van der Waals surface area (Å²) in [5, 5.41) is 0. The molecule has 148 valence electrons. The Labute approximate surface area is 168 Å². The molecular weight excluding hydrogens is 346 g/mol. The lowest BCUT2D eigenvalue weighted by Gasteiger charge is -2.49. The number of nitrogens with zero attached hydrogens (tertiary/aromatic N) is 3. The maximum Gasteiger partial charge on any atom is 0.227 e. The first-order valence-electron chi connectivity index (χ1n) is 10.4. The zero-order chi connectivity index (χ0) is 19.6. The van der Waals surface area contributed by atoms with Gasteiger partial charge in [-0.3, -0.25) is 14.7 Å². The van der Waals surface area contributed by atoms with E-state index >= 15 is 0 Å². The molecule has 0 radical (unpaired) electrons. The maximum atomic E-state index is 12.8. The zero-order valence-corrected chi connectivity index (χ0v) is 17.1. The highest BCUT2D eigenvalue weighted by atomic mass is 16.2. The Hall–Kier alpha value is -2.20. The zero-order valence-electron chi connectivity index (χ0n) is 17.1. The van der Waals surface area contributed by atoms with Crippen LogP contribution in [0.2, 0.25) is 0 Å². The van der Waals surface area contributed by atoms with Crippen molar-refractivity contribution in [2.24, 2.45) is 5.41 Å². The van der Waals surface area contributed by atoms with E-state index in [1.54, 1.807) is 12.4 Å². The van der Waals surface area contributed by atoms with Crippen molar-refractivity contribution in [3.8, 4) is 0 Å². The highest BCUT2D eigenvalue weighted by Gasteiger charge is 2.48. The molecule has 1 spiro atoms. The normalized spacial score (nSPS) is 27.5. The minimum absolute atomic E-state index is 0.125. The molecule has 1 amide bonds. The summed E-state index contributed by atoms with van der Waals surface area (Å²) in [6.07, 6.45) is 9.87. The van der Waals surface area contributed by atoms with Crippen LogP contribution in [-0.2, 0) is 16.8 Å². The van der Waals surface area contributed by atoms with E-state index in [0.29, 0.717) is 11.8 Å². The Balaban J connectivity index is 1.42. The average molecular weight is 378 g/mol. The largest absolute Gasteiger partial charge is 0.342 e. The fourth-order valence-electron chi connectivity index (χ4n) is 5.28. The van der Waals surface area contributed by atoms with Crippen LogP contribution < -0.4 is 0 Å². The Morgan fingerprint density at radius 2 is 1.79 bits per heavy atom. The van der Waals surface area contributed by atoms with Crippen LogP contribution in [0.5, 0.6) is 0 Å². The molecule has 1 aromatic carbocycles. The minimum atomic E-state index is 0.125. The topological polar surface area (TPSA) is 36.4 Å². The fourth-order valence-corrected chi connectivity index (χ4v) is 5.28. The Bertz CT molecular complexity index is 795. The van der Waals surface area contributed by atoms with E-state index in [-0.39, 0.29) is 11.4 Å². The Kier molecular flexibility index (Phi) is 5.24. The number of aromatic nitrogens is 1. The number of carbonyl (C=O) groups is 1. The van der Waals surface area contributed by atoms with E-state index in [1.807, 2.05) is 12.1 Å². The van der Waals surface area contributed by atoms with Crippen LogP contribution in [0.3, 0.4) is 0 Å². The fraction of sp³-hybridized carbons (Fsp3) is 0.500. The molecule has 2 heterocycles. The number of benzene rings is 1. The SMILES string of the molecule is CN(C)C1(c2ccccc2)CCC2(CCN(C(=O)Cc3cccnc3)C2)CC1. The van der Waals surface area contributed by atoms with Gasteiger partial charge >= 0.3 is 0 Å². The van der Waals surface area contributed by atoms with Crippen molar-refractivity contribution in [2.75, 3.05) is 27.2 Å². The highest BCUT2D eigenvalue weighted by molar-refractivity contribution is 5.79. The van der Waals surface area contributed by atoms with Crippen molar-refractivity contribution in [2.45, 2.75) is 44.1 Å². The molecule has 1 saturated heterocycles. The molecule has 4 heteroatoms. The highest BCUT2D eigenvalue weighted by Crippen LogP contribution is 2.51. The van der Waals surface area contributed by atoms with Crippen molar-refractivity contribution >= 4 is 5.91 Å². The van der Waals surface area contributed by atoms with Crippen molar-refractivity contribution in [3.63, 3.8) is 0 Å². The van der Waals surface area contributed by atoms with Gasteiger partial charge < -0.3 is 4.90 Å². The molecule has 28 heavy (non-hydrogen) atoms. The van der Waals surface area contributed by atoms with Crippen LogP contribution >= 0.6 is 0 Å². The van der Waals surface area contributed by atoms with Gasteiger partial charge in [-0.05, 0) is 68.8 Å². The Morgan fingerprint density at radius 3 is 2.43 bits per heavy atom. The van der Waals surface area contributed by atoms with E-state index in [4.69, 9.17) is 0 Å². The third-order valence-corrected chi connectivity index (χ3v) is 7.17. The molecule has 1 saturated carbocycles. The summed E-state index contributed by atoms with van der Waals surface area (Å²) >= 11 is 0. The number of likely N-dealkylation sites (tertiary alicyclic amines) is 1. The number of amides is 1. The van der Waals surface area contributed by atoms with Gasteiger partial charge in [-0.1, -0.05) is 36.4 Å². The van der Waals surface area contributed by atoms with Crippen LogP contribution in [0, 0.1) is 5.41 Å². The molecule has 1 aromatic heterocycles. The van der Waals surface area contributed by atoms with Gasteiger partial charge in [0, 0.05) is 31.0 Å². The third kappa shape index (κ3) is 3.58. The summed E-state index contributed by atoms with van der Waals surface area (Å²) < 4.78 is 0. The van der Waals surface area contributed by atoms with Crippen LogP contribution in [-0.4, -0.2) is 47.9 Å². The number of rotatable bonds is 4. The van der Waals surface area contributed by atoms with Gasteiger partial charge in [0.15, 0.2) is 0 Å². The predicted octanol–water partition coefficient (Wildman–Crippen LogP) is 3.87. The van der Waals surface area contributed by atoms with Gasteiger partial charge in [0.05, 0.1) is 6.42 Å². The van der Waals surface area contributed by atoms with Crippen molar-refractivity contribution in [3.05, 3.63) is 66.0 Å². The lowest BCUT2D eigenvalue weighted by Crippen LogP contribution is -2.47. The number of pyridine rings is 1. The van der Waals surface area contributed by atoms with Crippen molar-refractivity contribution in [1.82, 2.24) is 14.8 Å². The minimum Gasteiger partial charge on any atom is -0.342 e. The first kappa shape index (κ1) is 19.1. The maximum absolute atomic E-state index is 12.8. The summed E-state index contributed by atoms with van der Waals surface area (Å²) in [4.78, 5) is 21.4. The summed E-state index contributed by atoms with van der Waals surface area (Å²) in [6.45, 7) is 1.82. The van der Waals surface area contributed by atoms with E-state index in [1.165, 1.54) is 18.4 Å².